The molecule has 7 nitrogen and oxygen atoms in total. The summed E-state index contributed by atoms with van der Waals surface area (Å²) in [6, 6.07) is 3.96. The van der Waals surface area contributed by atoms with E-state index in [1.54, 1.807) is 11.8 Å². The summed E-state index contributed by atoms with van der Waals surface area (Å²) in [7, 11) is 0. The van der Waals surface area contributed by atoms with E-state index in [4.69, 9.17) is 4.52 Å². The summed E-state index contributed by atoms with van der Waals surface area (Å²) in [4.78, 5) is 16.6. The van der Waals surface area contributed by atoms with Crippen LogP contribution in [0.1, 0.15) is 17.0 Å². The minimum atomic E-state index is 0.118. The molecule has 1 aliphatic heterocycles. The lowest BCUT2D eigenvalue weighted by Crippen LogP contribution is -2.49. The number of hydrogen-bond donors (Lipinski definition) is 0. The second-order valence-electron chi connectivity index (χ2n) is 5.78. The van der Waals surface area contributed by atoms with Crippen LogP contribution in [-0.4, -0.2) is 58.6 Å². The monoisotopic (exact) mass is 347 g/mol. The molecule has 0 unspecified atom stereocenters. The highest BCUT2D eigenvalue weighted by molar-refractivity contribution is 7.98. The van der Waals surface area contributed by atoms with Gasteiger partial charge in [0.05, 0.1) is 12.1 Å². The van der Waals surface area contributed by atoms with Gasteiger partial charge in [0.25, 0.3) is 0 Å². The molecule has 1 fully saturated rings. The van der Waals surface area contributed by atoms with Crippen molar-refractivity contribution < 1.29 is 9.32 Å². The quantitative estimate of drug-likeness (QED) is 0.779. The van der Waals surface area contributed by atoms with E-state index in [1.165, 1.54) is 0 Å². The van der Waals surface area contributed by atoms with Crippen molar-refractivity contribution in [3.05, 3.63) is 29.2 Å². The van der Waals surface area contributed by atoms with E-state index in [-0.39, 0.29) is 5.91 Å². The largest absolute Gasteiger partial charge is 0.361 e. The first-order valence-electron chi connectivity index (χ1n) is 7.90. The molecule has 0 aliphatic carbocycles. The SMILES string of the molecule is CSc1ccc(N2CCN(C(=O)Cc3c(C)noc3C)CC2)nn1. The molecular formula is C16H21N5O2S. The molecule has 0 radical (unpaired) electrons. The first kappa shape index (κ1) is 16.8. The Morgan fingerprint density at radius 2 is 1.96 bits per heavy atom. The third kappa shape index (κ3) is 3.53. The third-order valence-electron chi connectivity index (χ3n) is 4.30. The molecule has 0 atom stereocenters. The molecule has 3 heterocycles. The summed E-state index contributed by atoms with van der Waals surface area (Å²) in [5, 5.41) is 13.2. The van der Waals surface area contributed by atoms with Crippen molar-refractivity contribution in [2.24, 2.45) is 0 Å². The van der Waals surface area contributed by atoms with Crippen LogP contribution in [0.2, 0.25) is 0 Å². The Hall–Kier alpha value is -2.09. The fourth-order valence-corrected chi connectivity index (χ4v) is 3.12. The lowest BCUT2D eigenvalue weighted by Gasteiger charge is -2.35. The number of carbonyl (C=O) groups excluding carboxylic acids is 1. The molecule has 2 aromatic rings. The summed E-state index contributed by atoms with van der Waals surface area (Å²) < 4.78 is 5.13. The van der Waals surface area contributed by atoms with Gasteiger partial charge in [-0.05, 0) is 32.2 Å². The number of nitrogens with zero attached hydrogens (tertiary/aromatic N) is 5. The second kappa shape index (κ2) is 7.21. The van der Waals surface area contributed by atoms with Crippen LogP contribution in [0.4, 0.5) is 5.82 Å². The van der Waals surface area contributed by atoms with E-state index < -0.39 is 0 Å². The molecule has 8 heteroatoms. The summed E-state index contributed by atoms with van der Waals surface area (Å²) in [5.41, 5.74) is 1.70. The van der Waals surface area contributed by atoms with E-state index in [1.807, 2.05) is 37.1 Å². The average molecular weight is 347 g/mol. The van der Waals surface area contributed by atoms with Crippen molar-refractivity contribution in [1.29, 1.82) is 0 Å². The minimum Gasteiger partial charge on any atom is -0.361 e. The van der Waals surface area contributed by atoms with Gasteiger partial charge in [-0.2, -0.15) is 0 Å². The maximum absolute atomic E-state index is 12.5. The van der Waals surface area contributed by atoms with E-state index >= 15 is 0 Å². The zero-order valence-electron chi connectivity index (χ0n) is 14.2. The number of thioether (sulfide) groups is 1. The topological polar surface area (TPSA) is 75.4 Å². The predicted octanol–water partition coefficient (Wildman–Crippen LogP) is 1.69. The molecular weight excluding hydrogens is 326 g/mol. The molecule has 1 amide bonds. The Morgan fingerprint density at radius 3 is 2.50 bits per heavy atom. The summed E-state index contributed by atoms with van der Waals surface area (Å²) in [5.74, 6) is 1.71. The number of anilines is 1. The predicted molar refractivity (Wildman–Crippen MR) is 92.3 cm³/mol. The molecule has 128 valence electrons. The Balaban J connectivity index is 1.57. The summed E-state index contributed by atoms with van der Waals surface area (Å²) in [6.07, 6.45) is 2.33. The second-order valence-corrected chi connectivity index (χ2v) is 6.61. The highest BCUT2D eigenvalue weighted by Gasteiger charge is 2.24. The number of aryl methyl sites for hydroxylation is 2. The zero-order chi connectivity index (χ0) is 17.1. The average Bonchev–Trinajstić information content (AvgIpc) is 2.94. The van der Waals surface area contributed by atoms with Crippen molar-refractivity contribution in [1.82, 2.24) is 20.3 Å². The number of aromatic nitrogens is 3. The van der Waals surface area contributed by atoms with Crippen molar-refractivity contribution in [2.45, 2.75) is 25.3 Å². The molecule has 0 saturated carbocycles. The number of hydrogen-bond acceptors (Lipinski definition) is 7. The summed E-state index contributed by atoms with van der Waals surface area (Å²) in [6.45, 7) is 6.62. The maximum Gasteiger partial charge on any atom is 0.227 e. The van der Waals surface area contributed by atoms with Crippen LogP contribution in [0.15, 0.2) is 21.7 Å². The van der Waals surface area contributed by atoms with Crippen molar-refractivity contribution in [3.8, 4) is 0 Å². The van der Waals surface area contributed by atoms with Gasteiger partial charge in [0.2, 0.25) is 5.91 Å². The van der Waals surface area contributed by atoms with E-state index in [0.29, 0.717) is 19.5 Å². The molecule has 0 aromatic carbocycles. The van der Waals surface area contributed by atoms with Crippen LogP contribution in [0.25, 0.3) is 0 Å². The maximum atomic E-state index is 12.5. The van der Waals surface area contributed by atoms with Crippen LogP contribution < -0.4 is 4.90 Å². The van der Waals surface area contributed by atoms with E-state index in [2.05, 4.69) is 20.3 Å². The van der Waals surface area contributed by atoms with Gasteiger partial charge in [0.15, 0.2) is 5.82 Å². The molecule has 24 heavy (non-hydrogen) atoms. The normalized spacial score (nSPS) is 15.0. The number of rotatable bonds is 4. The van der Waals surface area contributed by atoms with Gasteiger partial charge in [-0.3, -0.25) is 4.79 Å². The number of amides is 1. The van der Waals surface area contributed by atoms with Crippen LogP contribution in [0.5, 0.6) is 0 Å². The van der Waals surface area contributed by atoms with Crippen LogP contribution in [0, 0.1) is 13.8 Å². The smallest absolute Gasteiger partial charge is 0.227 e. The molecule has 0 spiro atoms. The molecule has 1 saturated heterocycles. The van der Waals surface area contributed by atoms with Gasteiger partial charge in [0.1, 0.15) is 10.8 Å². The molecule has 0 N–H and O–H groups in total. The van der Waals surface area contributed by atoms with Gasteiger partial charge < -0.3 is 14.3 Å². The molecule has 1 aliphatic rings. The molecule has 2 aromatic heterocycles. The summed E-state index contributed by atoms with van der Waals surface area (Å²) >= 11 is 1.57. The van der Waals surface area contributed by atoms with E-state index in [0.717, 1.165) is 41.0 Å². The zero-order valence-corrected chi connectivity index (χ0v) is 15.0. The third-order valence-corrected chi connectivity index (χ3v) is 4.94. The van der Waals surface area contributed by atoms with E-state index in [9.17, 15) is 4.79 Å². The molecule has 3 rings (SSSR count). The molecule has 0 bridgehead atoms. The van der Waals surface area contributed by atoms with Crippen molar-refractivity contribution in [3.63, 3.8) is 0 Å². The Bertz CT molecular complexity index is 688. The lowest BCUT2D eigenvalue weighted by atomic mass is 10.1. The van der Waals surface area contributed by atoms with Gasteiger partial charge >= 0.3 is 0 Å². The Morgan fingerprint density at radius 1 is 1.21 bits per heavy atom. The van der Waals surface area contributed by atoms with Gasteiger partial charge in [0, 0.05) is 31.7 Å². The highest BCUT2D eigenvalue weighted by atomic mass is 32.2. The van der Waals surface area contributed by atoms with Crippen LogP contribution >= 0.6 is 11.8 Å². The van der Waals surface area contributed by atoms with Crippen LogP contribution in [-0.2, 0) is 11.2 Å². The lowest BCUT2D eigenvalue weighted by molar-refractivity contribution is -0.130. The standard InChI is InChI=1S/C16H21N5O2S/c1-11-13(12(2)23-19-11)10-16(22)21-8-6-20(7-9-21)14-4-5-15(24-3)18-17-14/h4-5H,6-10H2,1-3H3. The van der Waals surface area contributed by atoms with Crippen LogP contribution in [0.3, 0.4) is 0 Å². The van der Waals surface area contributed by atoms with Gasteiger partial charge in [-0.15, -0.1) is 22.0 Å². The fraction of sp³-hybridized carbons (Fsp3) is 0.500. The van der Waals surface area contributed by atoms with Crippen molar-refractivity contribution in [2.75, 3.05) is 37.3 Å². The van der Waals surface area contributed by atoms with Crippen molar-refractivity contribution >= 4 is 23.5 Å². The minimum absolute atomic E-state index is 0.118. The Labute approximate surface area is 145 Å². The number of piperazine rings is 1. The Kier molecular flexibility index (Phi) is 5.03. The first-order valence-corrected chi connectivity index (χ1v) is 9.13. The number of carbonyl (C=O) groups is 1. The van der Waals surface area contributed by atoms with Gasteiger partial charge in [-0.1, -0.05) is 5.16 Å². The first-order chi connectivity index (χ1) is 11.6. The fourth-order valence-electron chi connectivity index (χ4n) is 2.79. The van der Waals surface area contributed by atoms with Gasteiger partial charge in [-0.25, -0.2) is 0 Å². The highest BCUT2D eigenvalue weighted by Crippen LogP contribution is 2.18.